The summed E-state index contributed by atoms with van der Waals surface area (Å²) in [6.07, 6.45) is 0.570. The van der Waals surface area contributed by atoms with E-state index in [-0.39, 0.29) is 128 Å². The number of nitrogens with one attached hydrogen (secondary N) is 5. The first-order valence-electron chi connectivity index (χ1n) is 37.3. The molecule has 3 saturated heterocycles. The van der Waals surface area contributed by atoms with E-state index < -0.39 is 47.5 Å². The molecule has 9 aromatic rings. The number of hydrogen-bond donors (Lipinski definition) is 5. The fourth-order valence-electron chi connectivity index (χ4n) is 14.1. The highest BCUT2D eigenvalue weighted by Gasteiger charge is 2.40. The van der Waals surface area contributed by atoms with Gasteiger partial charge in [-0.15, -0.1) is 0 Å². The number of Topliss-reactive ketones (excluding diaryl/α,β-unsaturated/α-hetero) is 1. The second kappa shape index (κ2) is 36.1. The van der Waals surface area contributed by atoms with E-state index in [0.717, 1.165) is 87.1 Å². The van der Waals surface area contributed by atoms with E-state index in [1.807, 2.05) is 43.3 Å². The molecule has 1 aliphatic carbocycles. The number of carbonyl (C=O) groups excluding carboxylic acids is 5. The van der Waals surface area contributed by atoms with E-state index in [4.69, 9.17) is 56.5 Å². The van der Waals surface area contributed by atoms with Gasteiger partial charge in [-0.25, -0.2) is 28.8 Å². The van der Waals surface area contributed by atoms with Crippen molar-refractivity contribution in [3.63, 3.8) is 0 Å². The van der Waals surface area contributed by atoms with Gasteiger partial charge < -0.3 is 79.5 Å². The Bertz CT molecular complexity index is 5240. The van der Waals surface area contributed by atoms with Crippen LogP contribution in [0.25, 0.3) is 0 Å². The third-order valence-corrected chi connectivity index (χ3v) is 21.3. The van der Waals surface area contributed by atoms with E-state index in [1.165, 1.54) is 74.0 Å². The maximum absolute atomic E-state index is 15.1. The average Bonchev–Trinajstić information content (AvgIpc) is 1.64. The van der Waals surface area contributed by atoms with E-state index in [0.29, 0.717) is 59.7 Å². The first-order chi connectivity index (χ1) is 56.1. The standard InChI is InChI=1S/C29H30F4N6O4.C27H28ClFN6O5.C25H26ClN5O3/c1-15-17-6-5-7-22(24(17)27(41)39(15)3)43-26-18(29(31,32)33)13-34-28(37-26)36-21-9-8-16(12-23(21)42-4)25(40)35-20-10-11-38(2)14-19(20)30;1-34-9-7-16(8-10-34)31-24(36)17-11-22(38-2)20(12-19(17)29)32-27-30-13-18(28)25(33-27)40-21-6-4-5-15-14-35(39-3)26(37)23(15)21;1-30-10-12-31(13-11-30)17-7-8-19(22(14-17)33-2)28-25-27-15-18(26)24(29-25)34-21-5-3-4-16-6-9-20(32)23(16)21/h5-9,12-13,15,19-20H,10-11,14H2,1-4H3,(H,35,40)(H,34,36,37);4-6,11-13,16H,7-10,14H2,1-3H3,(H,31,36)(H,30,32,33);3-5,7-8,14-15H,6,9-13H2,1-2H3,(H,27,28,29)/t15?,19-,20+;;/m1../s1. The molecule has 6 aromatic carbocycles. The van der Waals surface area contributed by atoms with Gasteiger partial charge in [-0.3, -0.25) is 28.8 Å². The Morgan fingerprint density at radius 1 is 0.547 bits per heavy atom. The van der Waals surface area contributed by atoms with Crippen LogP contribution in [0.5, 0.6) is 52.1 Å². The minimum Gasteiger partial charge on any atom is -0.495 e. The van der Waals surface area contributed by atoms with Crippen LogP contribution in [0.15, 0.2) is 122 Å². The van der Waals surface area contributed by atoms with Gasteiger partial charge in [0, 0.05) is 88.4 Å². The molecule has 614 valence electrons. The van der Waals surface area contributed by atoms with Crippen LogP contribution in [-0.2, 0) is 24.0 Å². The number of anilines is 7. The number of fused-ring (bicyclic) bond motifs is 3. The molecule has 5 aliphatic heterocycles. The fraction of sp³-hybridized carbons (Fsp3) is 0.346. The van der Waals surface area contributed by atoms with E-state index >= 15 is 4.39 Å². The molecule has 15 rings (SSSR count). The summed E-state index contributed by atoms with van der Waals surface area (Å²) in [7, 11) is 13.4. The molecule has 3 atom stereocenters. The molecule has 5 N–H and O–H groups in total. The monoisotopic (exact) mass is 1650 g/mol. The van der Waals surface area contributed by atoms with Crippen molar-refractivity contribution in [2.45, 2.75) is 76.0 Å². The van der Waals surface area contributed by atoms with Crippen molar-refractivity contribution in [3.05, 3.63) is 188 Å². The zero-order valence-corrected chi connectivity index (χ0v) is 66.7. The van der Waals surface area contributed by atoms with Gasteiger partial charge in [0.05, 0.1) is 98.8 Å². The first-order valence-corrected chi connectivity index (χ1v) is 38.1. The number of halogens is 7. The third-order valence-electron chi connectivity index (χ3n) is 20.7. The molecule has 8 heterocycles. The Hall–Kier alpha value is -11.8. The third kappa shape index (κ3) is 19.0. The zero-order chi connectivity index (χ0) is 83.1. The van der Waals surface area contributed by atoms with Crippen molar-refractivity contribution in [2.75, 3.05) is 130 Å². The van der Waals surface area contributed by atoms with E-state index in [1.54, 1.807) is 57.5 Å². The summed E-state index contributed by atoms with van der Waals surface area (Å²) in [6.45, 7) is 8.67. The number of ether oxygens (including phenoxy) is 6. The van der Waals surface area contributed by atoms with Gasteiger partial charge in [0.15, 0.2) is 5.78 Å². The van der Waals surface area contributed by atoms with Crippen LogP contribution in [0.2, 0.25) is 10.0 Å². The van der Waals surface area contributed by atoms with Crippen LogP contribution in [0, 0.1) is 5.82 Å². The Morgan fingerprint density at radius 3 is 1.72 bits per heavy atom. The number of likely N-dealkylation sites (tertiary alicyclic amines) is 2. The van der Waals surface area contributed by atoms with Crippen LogP contribution >= 0.6 is 23.2 Å². The van der Waals surface area contributed by atoms with E-state index in [9.17, 15) is 41.5 Å². The molecule has 0 bridgehead atoms. The average molecular weight is 1650 g/mol. The molecular formula is C81H84Cl2F5N17O12. The smallest absolute Gasteiger partial charge is 0.423 e. The second-order valence-electron chi connectivity index (χ2n) is 28.4. The Morgan fingerprint density at radius 2 is 1.09 bits per heavy atom. The SMILES string of the molecule is COc1cc(C(=O)NC2CCN(C)CC2)c(F)cc1Nc1ncc(Cl)c(Oc2cccc3c2C(=O)N(OC)C3)n1.COc1cc(C(=O)N[C@H]2CCN(C)C[C@H]2F)ccc1Nc1ncc(C(F)(F)F)c(Oc2cccc3c2C(=O)N(C)C3C)n1.COc1cc(N2CCN(C)CC2)ccc1Nc1ncc(Cl)c(Oc2cccc3c2C(=O)CC3)n1. The lowest BCUT2D eigenvalue weighted by atomic mass is 10.0. The number of ketones is 1. The lowest BCUT2D eigenvalue weighted by Crippen LogP contribution is -2.51. The molecule has 36 heteroatoms. The van der Waals surface area contributed by atoms with Gasteiger partial charge in [0.25, 0.3) is 23.6 Å². The molecule has 4 amide bonds. The number of hydroxylamine groups is 2. The minimum absolute atomic E-state index is 0.0218. The Labute approximate surface area is 680 Å². The van der Waals surface area contributed by atoms with Crippen molar-refractivity contribution < 1.29 is 79.2 Å². The van der Waals surface area contributed by atoms with Crippen LogP contribution in [0.1, 0.15) is 113 Å². The predicted molar refractivity (Wildman–Crippen MR) is 425 cm³/mol. The summed E-state index contributed by atoms with van der Waals surface area (Å²) in [4.78, 5) is 104. The maximum Gasteiger partial charge on any atom is 0.423 e. The number of likely N-dealkylation sites (N-methyl/N-ethyl adjacent to an activating group) is 1. The van der Waals surface area contributed by atoms with Crippen LogP contribution in [-0.4, -0.2) is 211 Å². The summed E-state index contributed by atoms with van der Waals surface area (Å²) in [5.41, 5.74) is 4.55. The van der Waals surface area contributed by atoms with Gasteiger partial charge in [-0.05, 0) is 138 Å². The number of alkyl halides is 4. The van der Waals surface area contributed by atoms with Gasteiger partial charge in [-0.2, -0.15) is 28.1 Å². The van der Waals surface area contributed by atoms with Crippen LogP contribution in [0.4, 0.5) is 62.5 Å². The summed E-state index contributed by atoms with van der Waals surface area (Å²) < 4.78 is 105. The van der Waals surface area contributed by atoms with Crippen molar-refractivity contribution in [3.8, 4) is 52.1 Å². The molecule has 6 aliphatic rings. The number of aromatic nitrogens is 6. The number of methoxy groups -OCH3 is 3. The Balaban J connectivity index is 0.000000153. The molecule has 117 heavy (non-hydrogen) atoms. The number of amides is 4. The molecule has 1 unspecified atom stereocenters. The van der Waals surface area contributed by atoms with Crippen molar-refractivity contribution >= 4 is 93.2 Å². The Kier molecular flexibility index (Phi) is 25.7. The molecule has 0 spiro atoms. The number of aryl methyl sites for hydroxylation is 1. The lowest BCUT2D eigenvalue weighted by Gasteiger charge is -2.34. The summed E-state index contributed by atoms with van der Waals surface area (Å²) in [6, 6.07) is 27.3. The first kappa shape index (κ1) is 83.1. The number of nitrogens with zero attached hydrogens (tertiary/aromatic N) is 12. The highest BCUT2D eigenvalue weighted by molar-refractivity contribution is 6.32. The van der Waals surface area contributed by atoms with Crippen LogP contribution < -0.4 is 59.9 Å². The fourth-order valence-corrected chi connectivity index (χ4v) is 14.3. The quantitative estimate of drug-likeness (QED) is 0.0417. The lowest BCUT2D eigenvalue weighted by molar-refractivity contribution is -0.139. The van der Waals surface area contributed by atoms with E-state index in [2.05, 4.69) is 84.3 Å². The highest BCUT2D eigenvalue weighted by atomic mass is 35.5. The molecule has 3 aromatic heterocycles. The number of rotatable bonds is 21. The van der Waals surface area contributed by atoms with Gasteiger partial charge in [0.2, 0.25) is 35.5 Å². The summed E-state index contributed by atoms with van der Waals surface area (Å²) in [5.74, 6) is -1.26. The second-order valence-corrected chi connectivity index (χ2v) is 29.3. The topological polar surface area (TPSA) is 307 Å². The summed E-state index contributed by atoms with van der Waals surface area (Å²) >= 11 is 12.6. The summed E-state index contributed by atoms with van der Waals surface area (Å²) in [5, 5.41) is 16.1. The number of piperidine rings is 2. The van der Waals surface area contributed by atoms with Gasteiger partial charge >= 0.3 is 6.18 Å². The molecule has 0 saturated carbocycles. The number of carbonyl (C=O) groups is 5. The normalized spacial score (nSPS) is 17.5. The number of benzene rings is 6. The zero-order valence-electron chi connectivity index (χ0n) is 65.2. The molecule has 0 radical (unpaired) electrons. The van der Waals surface area contributed by atoms with Gasteiger partial charge in [0.1, 0.15) is 62.1 Å². The van der Waals surface area contributed by atoms with Gasteiger partial charge in [-0.1, -0.05) is 59.6 Å². The highest BCUT2D eigenvalue weighted by Crippen LogP contribution is 2.45. The molecular weight excluding hydrogens is 1570 g/mol. The number of piperazine rings is 1. The van der Waals surface area contributed by atoms with Crippen molar-refractivity contribution in [1.82, 2.24) is 65.2 Å². The molecule has 3 fully saturated rings. The minimum atomic E-state index is -4.85. The number of hydrogen-bond acceptors (Lipinski definition) is 25. The maximum atomic E-state index is 15.1. The van der Waals surface area contributed by atoms with Crippen LogP contribution in [0.3, 0.4) is 0 Å². The van der Waals surface area contributed by atoms with Crippen molar-refractivity contribution in [2.24, 2.45) is 0 Å². The van der Waals surface area contributed by atoms with Crippen molar-refractivity contribution in [1.29, 1.82) is 0 Å². The molecule has 29 nitrogen and oxygen atoms in total. The predicted octanol–water partition coefficient (Wildman–Crippen LogP) is 13.7. The largest absolute Gasteiger partial charge is 0.495 e.